The first kappa shape index (κ1) is 19.1. The van der Waals surface area contributed by atoms with E-state index in [0.29, 0.717) is 11.7 Å². The van der Waals surface area contributed by atoms with Crippen molar-refractivity contribution in [3.8, 4) is 0 Å². The Kier molecular flexibility index (Phi) is 5.82. The molecule has 1 saturated heterocycles. The number of hydrogen-bond acceptors (Lipinski definition) is 3. The third-order valence-electron chi connectivity index (χ3n) is 5.55. The summed E-state index contributed by atoms with van der Waals surface area (Å²) in [5.41, 5.74) is 1.15. The van der Waals surface area contributed by atoms with Crippen molar-refractivity contribution in [2.45, 2.75) is 44.1 Å². The standard InChI is InChI=1S/C19H24FN3O2.ClH/c20-13-3-4-15-16(10-18(24)22-17(15)9-13)19(25)23-7-5-14(6-8-23)21-11-12-1-2-12;/h3-4,9,12,14,16,21H,1-2,5-8,10-11H2,(H,22,24);1H. The maximum Gasteiger partial charge on any atom is 0.230 e. The highest BCUT2D eigenvalue weighted by Gasteiger charge is 2.35. The molecular weight excluding hydrogens is 357 g/mol. The Balaban J connectivity index is 0.00000196. The van der Waals surface area contributed by atoms with Crippen molar-refractivity contribution >= 4 is 29.9 Å². The Morgan fingerprint density at radius 1 is 1.23 bits per heavy atom. The maximum absolute atomic E-state index is 13.4. The summed E-state index contributed by atoms with van der Waals surface area (Å²) in [6, 6.07) is 4.75. The number of nitrogens with zero attached hydrogens (tertiary/aromatic N) is 1. The van der Waals surface area contributed by atoms with Gasteiger partial charge in [0.05, 0.1) is 5.92 Å². The van der Waals surface area contributed by atoms with E-state index in [9.17, 15) is 14.0 Å². The van der Waals surface area contributed by atoms with Gasteiger partial charge in [0.25, 0.3) is 0 Å². The number of hydrogen-bond donors (Lipinski definition) is 2. The van der Waals surface area contributed by atoms with E-state index in [1.165, 1.54) is 25.0 Å². The van der Waals surface area contributed by atoms with Crippen LogP contribution < -0.4 is 10.6 Å². The number of halogens is 2. The van der Waals surface area contributed by atoms with Gasteiger partial charge >= 0.3 is 0 Å². The largest absolute Gasteiger partial charge is 0.342 e. The van der Waals surface area contributed by atoms with E-state index in [2.05, 4.69) is 10.6 Å². The number of fused-ring (bicyclic) bond motifs is 1. The van der Waals surface area contributed by atoms with Gasteiger partial charge in [-0.2, -0.15) is 0 Å². The number of nitrogens with one attached hydrogen (secondary N) is 2. The summed E-state index contributed by atoms with van der Waals surface area (Å²) >= 11 is 0. The topological polar surface area (TPSA) is 61.4 Å². The summed E-state index contributed by atoms with van der Waals surface area (Å²) in [7, 11) is 0. The molecule has 0 aromatic heterocycles. The average Bonchev–Trinajstić information content (AvgIpc) is 3.43. The van der Waals surface area contributed by atoms with Crippen LogP contribution in [0.3, 0.4) is 0 Å². The SMILES string of the molecule is Cl.O=C1CC(C(=O)N2CCC(NCC3CC3)CC2)c2ccc(F)cc2N1. The van der Waals surface area contributed by atoms with Crippen LogP contribution in [0, 0.1) is 11.7 Å². The van der Waals surface area contributed by atoms with Crippen LogP contribution in [0.25, 0.3) is 0 Å². The van der Waals surface area contributed by atoms with Crippen molar-refractivity contribution in [1.82, 2.24) is 10.2 Å². The molecule has 5 nitrogen and oxygen atoms in total. The van der Waals surface area contributed by atoms with Crippen LogP contribution in [-0.2, 0) is 9.59 Å². The molecule has 2 amide bonds. The zero-order valence-corrected chi connectivity index (χ0v) is 15.5. The second kappa shape index (κ2) is 7.92. The van der Waals surface area contributed by atoms with Crippen LogP contribution >= 0.6 is 12.4 Å². The second-order valence-corrected chi connectivity index (χ2v) is 7.49. The third kappa shape index (κ3) is 4.18. The number of likely N-dealkylation sites (tertiary alicyclic amines) is 1. The van der Waals surface area contributed by atoms with Gasteiger partial charge in [-0.15, -0.1) is 12.4 Å². The minimum absolute atomic E-state index is 0. The molecule has 1 aromatic carbocycles. The van der Waals surface area contributed by atoms with Gasteiger partial charge < -0.3 is 15.5 Å². The molecule has 0 spiro atoms. The summed E-state index contributed by atoms with van der Waals surface area (Å²) in [5.74, 6) is -0.284. The maximum atomic E-state index is 13.4. The lowest BCUT2D eigenvalue weighted by atomic mass is 9.88. The van der Waals surface area contributed by atoms with E-state index in [4.69, 9.17) is 0 Å². The number of carbonyl (C=O) groups is 2. The second-order valence-electron chi connectivity index (χ2n) is 7.49. The molecule has 3 aliphatic rings. The Morgan fingerprint density at radius 3 is 2.65 bits per heavy atom. The van der Waals surface area contributed by atoms with Crippen LogP contribution in [-0.4, -0.2) is 42.4 Å². The molecule has 2 heterocycles. The zero-order valence-electron chi connectivity index (χ0n) is 14.7. The Hall–Kier alpha value is -1.66. The van der Waals surface area contributed by atoms with E-state index in [1.54, 1.807) is 6.07 Å². The Morgan fingerprint density at radius 2 is 1.96 bits per heavy atom. The quantitative estimate of drug-likeness (QED) is 0.842. The molecule has 2 N–H and O–H groups in total. The Labute approximate surface area is 159 Å². The number of rotatable bonds is 4. The van der Waals surface area contributed by atoms with Gasteiger partial charge in [0.1, 0.15) is 5.82 Å². The fraction of sp³-hybridized carbons (Fsp3) is 0.579. The highest BCUT2D eigenvalue weighted by atomic mass is 35.5. The summed E-state index contributed by atoms with van der Waals surface area (Å²) in [5, 5.41) is 6.28. The van der Waals surface area contributed by atoms with Crippen LogP contribution in [0.15, 0.2) is 18.2 Å². The molecule has 1 saturated carbocycles. The van der Waals surface area contributed by atoms with Gasteiger partial charge in [-0.1, -0.05) is 6.07 Å². The van der Waals surface area contributed by atoms with Gasteiger partial charge in [0, 0.05) is 31.2 Å². The summed E-state index contributed by atoms with van der Waals surface area (Å²) in [4.78, 5) is 26.8. The predicted molar refractivity (Wildman–Crippen MR) is 100.0 cm³/mol. The van der Waals surface area contributed by atoms with Crippen molar-refractivity contribution in [2.24, 2.45) is 5.92 Å². The number of amides is 2. The zero-order chi connectivity index (χ0) is 17.4. The van der Waals surface area contributed by atoms with Crippen LogP contribution in [0.1, 0.15) is 43.6 Å². The number of carbonyl (C=O) groups excluding carboxylic acids is 2. The molecule has 1 unspecified atom stereocenters. The minimum Gasteiger partial charge on any atom is -0.342 e. The van der Waals surface area contributed by atoms with Gasteiger partial charge in [-0.05, 0) is 55.8 Å². The molecule has 2 aliphatic heterocycles. The lowest BCUT2D eigenvalue weighted by molar-refractivity contribution is -0.136. The van der Waals surface area contributed by atoms with E-state index in [0.717, 1.165) is 44.0 Å². The first-order valence-corrected chi connectivity index (χ1v) is 9.21. The van der Waals surface area contributed by atoms with Crippen molar-refractivity contribution in [3.63, 3.8) is 0 Å². The van der Waals surface area contributed by atoms with Crippen molar-refractivity contribution in [3.05, 3.63) is 29.6 Å². The molecule has 0 radical (unpaired) electrons. The van der Waals surface area contributed by atoms with Crippen LogP contribution in [0.5, 0.6) is 0 Å². The molecule has 142 valence electrons. The number of anilines is 1. The van der Waals surface area contributed by atoms with Crippen LogP contribution in [0.2, 0.25) is 0 Å². The monoisotopic (exact) mass is 381 g/mol. The normalized spacial score (nSPS) is 23.0. The molecule has 1 aromatic rings. The van der Waals surface area contributed by atoms with E-state index in [1.807, 2.05) is 4.90 Å². The molecule has 1 aliphatic carbocycles. The average molecular weight is 382 g/mol. The summed E-state index contributed by atoms with van der Waals surface area (Å²) in [6.45, 7) is 2.53. The van der Waals surface area contributed by atoms with Gasteiger partial charge in [-0.25, -0.2) is 4.39 Å². The number of benzene rings is 1. The molecule has 1 atom stereocenters. The summed E-state index contributed by atoms with van der Waals surface area (Å²) in [6.07, 6.45) is 4.72. The van der Waals surface area contributed by atoms with Crippen molar-refractivity contribution in [2.75, 3.05) is 25.0 Å². The first-order chi connectivity index (χ1) is 12.1. The lowest BCUT2D eigenvalue weighted by Gasteiger charge is -2.36. The first-order valence-electron chi connectivity index (χ1n) is 9.21. The smallest absolute Gasteiger partial charge is 0.230 e. The highest BCUT2D eigenvalue weighted by Crippen LogP contribution is 2.34. The fourth-order valence-corrected chi connectivity index (χ4v) is 3.84. The van der Waals surface area contributed by atoms with Gasteiger partial charge in [0.2, 0.25) is 11.8 Å². The fourth-order valence-electron chi connectivity index (χ4n) is 3.84. The lowest BCUT2D eigenvalue weighted by Crippen LogP contribution is -2.47. The number of piperidine rings is 1. The van der Waals surface area contributed by atoms with E-state index >= 15 is 0 Å². The summed E-state index contributed by atoms with van der Waals surface area (Å²) < 4.78 is 13.4. The highest BCUT2D eigenvalue weighted by molar-refractivity contribution is 6.01. The minimum atomic E-state index is -0.500. The van der Waals surface area contributed by atoms with E-state index < -0.39 is 11.7 Å². The van der Waals surface area contributed by atoms with Crippen molar-refractivity contribution in [1.29, 1.82) is 0 Å². The molecular formula is C19H25ClFN3O2. The molecule has 2 fully saturated rings. The van der Waals surface area contributed by atoms with Gasteiger partial charge in [-0.3, -0.25) is 9.59 Å². The molecule has 4 rings (SSSR count). The molecule has 26 heavy (non-hydrogen) atoms. The predicted octanol–water partition coefficient (Wildman–Crippen LogP) is 2.66. The molecule has 0 bridgehead atoms. The van der Waals surface area contributed by atoms with Crippen LogP contribution in [0.4, 0.5) is 10.1 Å². The Bertz CT molecular complexity index is 687. The molecule has 7 heteroatoms. The third-order valence-corrected chi connectivity index (χ3v) is 5.55. The van der Waals surface area contributed by atoms with E-state index in [-0.39, 0.29) is 30.6 Å². The van der Waals surface area contributed by atoms with Gasteiger partial charge in [0.15, 0.2) is 0 Å². The van der Waals surface area contributed by atoms with Crippen molar-refractivity contribution < 1.29 is 14.0 Å².